The molecular weight excluding hydrogens is 304 g/mol. The SMILES string of the molecule is [CH2]c1cncn1NC(=O)C1CN(Cc2ccccc2)CC1COC. The Bertz CT molecular complexity index is 671. The van der Waals surface area contributed by atoms with Gasteiger partial charge in [0, 0.05) is 32.7 Å². The van der Waals surface area contributed by atoms with Crippen LogP contribution in [0.25, 0.3) is 0 Å². The predicted octanol–water partition coefficient (Wildman–Crippen LogP) is 1.53. The largest absolute Gasteiger partial charge is 0.384 e. The Labute approximate surface area is 142 Å². The Morgan fingerprint density at radius 3 is 2.83 bits per heavy atom. The van der Waals surface area contributed by atoms with Gasteiger partial charge in [-0.3, -0.25) is 15.1 Å². The van der Waals surface area contributed by atoms with Crippen LogP contribution in [0.1, 0.15) is 11.3 Å². The lowest BCUT2D eigenvalue weighted by Crippen LogP contribution is -2.35. The molecule has 0 bridgehead atoms. The molecule has 1 radical (unpaired) electrons. The average Bonchev–Trinajstić information content (AvgIpc) is 3.15. The Balaban J connectivity index is 1.66. The van der Waals surface area contributed by atoms with Crippen molar-refractivity contribution >= 4 is 5.91 Å². The number of carbonyl (C=O) groups is 1. The average molecular weight is 327 g/mol. The Morgan fingerprint density at radius 1 is 1.38 bits per heavy atom. The number of aromatic nitrogens is 2. The van der Waals surface area contributed by atoms with E-state index >= 15 is 0 Å². The fourth-order valence-corrected chi connectivity index (χ4v) is 3.24. The van der Waals surface area contributed by atoms with Crippen LogP contribution in [-0.2, 0) is 16.1 Å². The van der Waals surface area contributed by atoms with Crippen LogP contribution in [0.2, 0.25) is 0 Å². The number of methoxy groups -OCH3 is 1. The van der Waals surface area contributed by atoms with Gasteiger partial charge >= 0.3 is 0 Å². The first-order chi connectivity index (χ1) is 11.7. The summed E-state index contributed by atoms with van der Waals surface area (Å²) >= 11 is 0. The van der Waals surface area contributed by atoms with Crippen molar-refractivity contribution in [2.45, 2.75) is 6.54 Å². The third-order valence-corrected chi connectivity index (χ3v) is 4.43. The summed E-state index contributed by atoms with van der Waals surface area (Å²) in [5, 5.41) is 0. The van der Waals surface area contributed by atoms with Gasteiger partial charge in [-0.25, -0.2) is 9.66 Å². The molecule has 1 N–H and O–H groups in total. The fourth-order valence-electron chi connectivity index (χ4n) is 3.24. The lowest BCUT2D eigenvalue weighted by molar-refractivity contribution is -0.122. The Hall–Kier alpha value is -2.18. The first-order valence-corrected chi connectivity index (χ1v) is 8.07. The van der Waals surface area contributed by atoms with Crippen LogP contribution in [-0.4, -0.2) is 47.3 Å². The van der Waals surface area contributed by atoms with E-state index in [1.807, 2.05) is 18.2 Å². The minimum Gasteiger partial charge on any atom is -0.384 e. The van der Waals surface area contributed by atoms with E-state index in [9.17, 15) is 4.79 Å². The molecule has 1 amide bonds. The summed E-state index contributed by atoms with van der Waals surface area (Å²) in [6, 6.07) is 10.3. The summed E-state index contributed by atoms with van der Waals surface area (Å²) in [6.07, 6.45) is 3.17. The van der Waals surface area contributed by atoms with Crippen molar-refractivity contribution < 1.29 is 9.53 Å². The highest BCUT2D eigenvalue weighted by molar-refractivity contribution is 5.86. The van der Waals surface area contributed by atoms with E-state index in [2.05, 4.69) is 34.4 Å². The molecule has 0 aliphatic carbocycles. The van der Waals surface area contributed by atoms with Crippen molar-refractivity contribution in [3.05, 3.63) is 61.0 Å². The zero-order valence-electron chi connectivity index (χ0n) is 13.9. The van der Waals surface area contributed by atoms with Crippen molar-refractivity contribution in [2.24, 2.45) is 11.8 Å². The van der Waals surface area contributed by atoms with Gasteiger partial charge in [0.15, 0.2) is 0 Å². The van der Waals surface area contributed by atoms with Crippen LogP contribution in [0, 0.1) is 18.8 Å². The summed E-state index contributed by atoms with van der Waals surface area (Å²) in [7, 11) is 1.68. The number of carbonyl (C=O) groups excluding carboxylic acids is 1. The van der Waals surface area contributed by atoms with E-state index in [1.54, 1.807) is 24.3 Å². The van der Waals surface area contributed by atoms with E-state index in [0.717, 1.165) is 19.6 Å². The molecule has 1 aromatic heterocycles. The van der Waals surface area contributed by atoms with E-state index in [4.69, 9.17) is 4.74 Å². The maximum absolute atomic E-state index is 12.7. The molecule has 1 saturated heterocycles. The number of likely N-dealkylation sites (tertiary alicyclic amines) is 1. The molecule has 6 nitrogen and oxygen atoms in total. The minimum absolute atomic E-state index is 0.0180. The predicted molar refractivity (Wildman–Crippen MR) is 91.6 cm³/mol. The first-order valence-electron chi connectivity index (χ1n) is 8.07. The van der Waals surface area contributed by atoms with Crippen LogP contribution in [0.3, 0.4) is 0 Å². The number of hydrogen-bond donors (Lipinski definition) is 1. The highest BCUT2D eigenvalue weighted by Crippen LogP contribution is 2.26. The summed E-state index contributed by atoms with van der Waals surface area (Å²) in [5.41, 5.74) is 4.79. The summed E-state index contributed by atoms with van der Waals surface area (Å²) in [5.74, 6) is 0.0430. The number of nitrogens with zero attached hydrogens (tertiary/aromatic N) is 3. The van der Waals surface area contributed by atoms with E-state index in [0.29, 0.717) is 12.3 Å². The second kappa shape index (κ2) is 7.59. The molecule has 0 spiro atoms. The summed E-state index contributed by atoms with van der Waals surface area (Å²) < 4.78 is 6.89. The van der Waals surface area contributed by atoms with E-state index in [1.165, 1.54) is 5.56 Å². The molecule has 2 aromatic rings. The smallest absolute Gasteiger partial charge is 0.243 e. The van der Waals surface area contributed by atoms with E-state index < -0.39 is 0 Å². The summed E-state index contributed by atoms with van der Waals surface area (Å²) in [4.78, 5) is 19.0. The van der Waals surface area contributed by atoms with Gasteiger partial charge in [-0.2, -0.15) is 0 Å². The van der Waals surface area contributed by atoms with Crippen LogP contribution >= 0.6 is 0 Å². The molecule has 127 valence electrons. The standard InChI is InChI=1S/C18H23N4O2/c1-14-8-19-13-22(14)20-18(23)17-11-21(10-16(17)12-24-2)9-15-6-4-3-5-7-15/h3-8,13,16-17H,1,9-12H2,2H3,(H,20,23). The normalized spacial score (nSPS) is 21.1. The zero-order valence-corrected chi connectivity index (χ0v) is 13.9. The zero-order chi connectivity index (χ0) is 16.9. The topological polar surface area (TPSA) is 59.4 Å². The molecular formula is C18H23N4O2. The second-order valence-corrected chi connectivity index (χ2v) is 6.23. The Morgan fingerprint density at radius 2 is 2.17 bits per heavy atom. The molecule has 1 aliphatic rings. The van der Waals surface area contributed by atoms with E-state index in [-0.39, 0.29) is 17.7 Å². The van der Waals surface area contributed by atoms with Gasteiger partial charge in [0.25, 0.3) is 0 Å². The third kappa shape index (κ3) is 3.83. The number of rotatable bonds is 6. The van der Waals surface area contributed by atoms with Gasteiger partial charge in [0.2, 0.25) is 5.91 Å². The van der Waals surface area contributed by atoms with Gasteiger partial charge in [-0.15, -0.1) is 0 Å². The maximum atomic E-state index is 12.7. The molecule has 1 aliphatic heterocycles. The monoisotopic (exact) mass is 327 g/mol. The van der Waals surface area contributed by atoms with Gasteiger partial charge in [0.1, 0.15) is 6.33 Å². The molecule has 1 fully saturated rings. The molecule has 2 heterocycles. The lowest BCUT2D eigenvalue weighted by Gasteiger charge is -2.18. The Kier molecular flexibility index (Phi) is 5.27. The highest BCUT2D eigenvalue weighted by Gasteiger charge is 2.37. The van der Waals surface area contributed by atoms with Crippen molar-refractivity contribution in [1.82, 2.24) is 14.6 Å². The quantitative estimate of drug-likeness (QED) is 0.874. The fraction of sp³-hybridized carbons (Fsp3) is 0.389. The van der Waals surface area contributed by atoms with Crippen molar-refractivity contribution in [2.75, 3.05) is 32.2 Å². The highest BCUT2D eigenvalue weighted by atomic mass is 16.5. The van der Waals surface area contributed by atoms with Crippen molar-refractivity contribution in [1.29, 1.82) is 0 Å². The number of amides is 1. The maximum Gasteiger partial charge on any atom is 0.243 e. The second-order valence-electron chi connectivity index (χ2n) is 6.23. The molecule has 6 heteroatoms. The van der Waals surface area contributed by atoms with Crippen molar-refractivity contribution in [3.8, 4) is 0 Å². The molecule has 3 rings (SSSR count). The number of ether oxygens (including phenoxy) is 1. The van der Waals surface area contributed by atoms with Crippen LogP contribution < -0.4 is 5.43 Å². The van der Waals surface area contributed by atoms with Gasteiger partial charge in [-0.1, -0.05) is 30.3 Å². The first kappa shape index (κ1) is 16.7. The lowest BCUT2D eigenvalue weighted by atomic mass is 9.96. The van der Waals surface area contributed by atoms with Crippen LogP contribution in [0.15, 0.2) is 42.9 Å². The molecule has 2 unspecified atom stereocenters. The number of imidazole rings is 1. The number of hydrogen-bond acceptors (Lipinski definition) is 4. The molecule has 1 aromatic carbocycles. The molecule has 24 heavy (non-hydrogen) atoms. The minimum atomic E-state index is -0.115. The third-order valence-electron chi connectivity index (χ3n) is 4.43. The van der Waals surface area contributed by atoms with Crippen molar-refractivity contribution in [3.63, 3.8) is 0 Å². The molecule has 0 saturated carbocycles. The van der Waals surface area contributed by atoms with Crippen LogP contribution in [0.4, 0.5) is 0 Å². The van der Waals surface area contributed by atoms with Gasteiger partial charge < -0.3 is 4.74 Å². The molecule has 2 atom stereocenters. The van der Waals surface area contributed by atoms with Gasteiger partial charge in [-0.05, 0) is 12.5 Å². The number of benzene rings is 1. The summed E-state index contributed by atoms with van der Waals surface area (Å²) in [6.45, 7) is 6.82. The number of nitrogens with one attached hydrogen (secondary N) is 1. The van der Waals surface area contributed by atoms with Gasteiger partial charge in [0.05, 0.1) is 24.4 Å². The van der Waals surface area contributed by atoms with Crippen LogP contribution in [0.5, 0.6) is 0 Å².